The first-order chi connectivity index (χ1) is 8.20. The van der Waals surface area contributed by atoms with Crippen molar-refractivity contribution in [3.8, 4) is 0 Å². The molecule has 94 valence electrons. The molecule has 0 amide bonds. The van der Waals surface area contributed by atoms with Crippen LogP contribution in [-0.2, 0) is 11.3 Å². The average Bonchev–Trinajstić information content (AvgIpc) is 2.34. The van der Waals surface area contributed by atoms with E-state index in [0.717, 1.165) is 42.8 Å². The van der Waals surface area contributed by atoms with Gasteiger partial charge in [0.2, 0.25) is 0 Å². The highest BCUT2D eigenvalue weighted by Gasteiger charge is 2.22. The Balaban J connectivity index is 2.10. The summed E-state index contributed by atoms with van der Waals surface area (Å²) in [5.74, 6) is -0.158. The number of alkyl halides is 1. The van der Waals surface area contributed by atoms with Crippen LogP contribution in [0.3, 0.4) is 0 Å². The van der Waals surface area contributed by atoms with Gasteiger partial charge in [0, 0.05) is 24.5 Å². The molecule has 0 radical (unpaired) electrons. The van der Waals surface area contributed by atoms with Gasteiger partial charge in [-0.3, -0.25) is 4.90 Å². The Morgan fingerprint density at radius 1 is 1.53 bits per heavy atom. The highest BCUT2D eigenvalue weighted by molar-refractivity contribution is 9.09. The minimum atomic E-state index is -0.158. The molecule has 0 aromatic heterocycles. The van der Waals surface area contributed by atoms with Crippen LogP contribution in [0.4, 0.5) is 4.39 Å². The molecule has 1 atom stereocenters. The molecule has 0 saturated carbocycles. The van der Waals surface area contributed by atoms with Crippen molar-refractivity contribution in [2.45, 2.75) is 19.5 Å². The van der Waals surface area contributed by atoms with Crippen molar-refractivity contribution in [3.05, 3.63) is 35.1 Å². The smallest absolute Gasteiger partial charge is 0.123 e. The molecule has 1 saturated heterocycles. The van der Waals surface area contributed by atoms with Gasteiger partial charge in [-0.2, -0.15) is 0 Å². The number of rotatable bonds is 3. The highest BCUT2D eigenvalue weighted by atomic mass is 79.9. The fourth-order valence-corrected chi connectivity index (χ4v) is 2.67. The number of ether oxygens (including phenoxy) is 1. The molecule has 1 aromatic rings. The van der Waals surface area contributed by atoms with Gasteiger partial charge in [-0.05, 0) is 30.2 Å². The normalized spacial score (nSPS) is 21.7. The molecule has 0 spiro atoms. The quantitative estimate of drug-likeness (QED) is 0.796. The lowest BCUT2D eigenvalue weighted by Crippen LogP contribution is -2.45. The highest BCUT2D eigenvalue weighted by Crippen LogP contribution is 2.17. The van der Waals surface area contributed by atoms with E-state index in [9.17, 15) is 4.39 Å². The number of halogens is 2. The first-order valence-electron chi connectivity index (χ1n) is 5.83. The first kappa shape index (κ1) is 13.0. The molecule has 4 heteroatoms. The van der Waals surface area contributed by atoms with Crippen molar-refractivity contribution in [3.63, 3.8) is 0 Å². The molecular weight excluding hydrogens is 285 g/mol. The van der Waals surface area contributed by atoms with E-state index < -0.39 is 0 Å². The van der Waals surface area contributed by atoms with E-state index >= 15 is 0 Å². The fourth-order valence-electron chi connectivity index (χ4n) is 2.07. The summed E-state index contributed by atoms with van der Waals surface area (Å²) in [5, 5.41) is 0.890. The monoisotopic (exact) mass is 301 g/mol. The zero-order valence-corrected chi connectivity index (χ0v) is 11.5. The molecule has 0 N–H and O–H groups in total. The number of morpholine rings is 1. The summed E-state index contributed by atoms with van der Waals surface area (Å²) in [4.78, 5) is 2.35. The van der Waals surface area contributed by atoms with Crippen LogP contribution in [0.5, 0.6) is 0 Å². The zero-order chi connectivity index (χ0) is 12.3. The standard InChI is InChI=1S/C13H17BrFNO/c1-10-2-3-12(15)6-11(10)8-16-4-5-17-9-13(16)7-14/h2-3,6,13H,4-5,7-9H2,1H3. The maximum Gasteiger partial charge on any atom is 0.123 e. The Morgan fingerprint density at radius 3 is 3.12 bits per heavy atom. The van der Waals surface area contributed by atoms with Crippen molar-refractivity contribution in [2.24, 2.45) is 0 Å². The van der Waals surface area contributed by atoms with Gasteiger partial charge in [-0.25, -0.2) is 4.39 Å². The van der Waals surface area contributed by atoms with E-state index in [0.29, 0.717) is 6.04 Å². The molecular formula is C13H17BrFNO. The van der Waals surface area contributed by atoms with E-state index in [-0.39, 0.29) is 5.82 Å². The largest absolute Gasteiger partial charge is 0.378 e. The van der Waals surface area contributed by atoms with Crippen LogP contribution in [-0.4, -0.2) is 36.0 Å². The van der Waals surface area contributed by atoms with Crippen LogP contribution in [0.25, 0.3) is 0 Å². The molecule has 1 unspecified atom stereocenters. The Kier molecular flexibility index (Phi) is 4.54. The van der Waals surface area contributed by atoms with Gasteiger partial charge in [-0.1, -0.05) is 22.0 Å². The summed E-state index contributed by atoms with van der Waals surface area (Å²) in [7, 11) is 0. The topological polar surface area (TPSA) is 12.5 Å². The second kappa shape index (κ2) is 5.94. The Hall–Kier alpha value is -0.450. The van der Waals surface area contributed by atoms with Crippen LogP contribution in [0.15, 0.2) is 18.2 Å². The van der Waals surface area contributed by atoms with E-state index in [1.807, 2.05) is 13.0 Å². The summed E-state index contributed by atoms with van der Waals surface area (Å²) in [6.07, 6.45) is 0. The number of aryl methyl sites for hydroxylation is 1. The summed E-state index contributed by atoms with van der Waals surface area (Å²) >= 11 is 3.50. The lowest BCUT2D eigenvalue weighted by atomic mass is 10.1. The van der Waals surface area contributed by atoms with Crippen molar-refractivity contribution in [1.29, 1.82) is 0 Å². The second-order valence-corrected chi connectivity index (χ2v) is 5.07. The third kappa shape index (κ3) is 3.27. The molecule has 0 bridgehead atoms. The fraction of sp³-hybridized carbons (Fsp3) is 0.538. The summed E-state index contributed by atoms with van der Waals surface area (Å²) in [6.45, 7) is 5.24. The van der Waals surface area contributed by atoms with E-state index in [1.54, 1.807) is 6.07 Å². The number of nitrogens with zero attached hydrogens (tertiary/aromatic N) is 1. The summed E-state index contributed by atoms with van der Waals surface area (Å²) < 4.78 is 18.7. The Labute approximate surface area is 110 Å². The molecule has 2 nitrogen and oxygen atoms in total. The third-order valence-corrected chi connectivity index (χ3v) is 3.96. The van der Waals surface area contributed by atoms with E-state index in [2.05, 4.69) is 20.8 Å². The van der Waals surface area contributed by atoms with Crippen LogP contribution in [0, 0.1) is 12.7 Å². The predicted octanol–water partition coefficient (Wildman–Crippen LogP) is 2.73. The van der Waals surface area contributed by atoms with Gasteiger partial charge in [0.15, 0.2) is 0 Å². The van der Waals surface area contributed by atoms with Gasteiger partial charge < -0.3 is 4.74 Å². The molecule has 1 aliphatic rings. The van der Waals surface area contributed by atoms with Crippen molar-refractivity contribution in [2.75, 3.05) is 25.1 Å². The predicted molar refractivity (Wildman–Crippen MR) is 69.9 cm³/mol. The zero-order valence-electron chi connectivity index (χ0n) is 9.96. The van der Waals surface area contributed by atoms with Crippen LogP contribution < -0.4 is 0 Å². The van der Waals surface area contributed by atoms with Crippen LogP contribution in [0.1, 0.15) is 11.1 Å². The van der Waals surface area contributed by atoms with Crippen molar-refractivity contribution >= 4 is 15.9 Å². The van der Waals surface area contributed by atoms with Crippen molar-refractivity contribution in [1.82, 2.24) is 4.90 Å². The Bertz CT molecular complexity index is 386. The van der Waals surface area contributed by atoms with Crippen molar-refractivity contribution < 1.29 is 9.13 Å². The molecule has 1 aromatic carbocycles. The average molecular weight is 302 g/mol. The maximum absolute atomic E-state index is 13.2. The minimum Gasteiger partial charge on any atom is -0.378 e. The second-order valence-electron chi connectivity index (χ2n) is 4.42. The molecule has 1 aliphatic heterocycles. The molecule has 17 heavy (non-hydrogen) atoms. The number of hydrogen-bond acceptors (Lipinski definition) is 2. The molecule has 1 heterocycles. The Morgan fingerprint density at radius 2 is 2.35 bits per heavy atom. The third-order valence-electron chi connectivity index (χ3n) is 3.21. The van der Waals surface area contributed by atoms with E-state index in [4.69, 9.17) is 4.74 Å². The summed E-state index contributed by atoms with van der Waals surface area (Å²) in [5.41, 5.74) is 2.21. The summed E-state index contributed by atoms with van der Waals surface area (Å²) in [6, 6.07) is 5.37. The first-order valence-corrected chi connectivity index (χ1v) is 6.95. The van der Waals surface area contributed by atoms with Gasteiger partial charge in [0.05, 0.1) is 13.2 Å². The SMILES string of the molecule is Cc1ccc(F)cc1CN1CCOCC1CBr. The van der Waals surface area contributed by atoms with Gasteiger partial charge in [-0.15, -0.1) is 0 Å². The number of benzene rings is 1. The maximum atomic E-state index is 13.2. The lowest BCUT2D eigenvalue weighted by molar-refractivity contribution is -0.00223. The molecule has 0 aliphatic carbocycles. The van der Waals surface area contributed by atoms with Gasteiger partial charge in [0.1, 0.15) is 5.82 Å². The minimum absolute atomic E-state index is 0.158. The van der Waals surface area contributed by atoms with E-state index in [1.165, 1.54) is 6.07 Å². The molecule has 1 fully saturated rings. The molecule has 2 rings (SSSR count). The number of hydrogen-bond donors (Lipinski definition) is 0. The van der Waals surface area contributed by atoms with Gasteiger partial charge in [0.25, 0.3) is 0 Å². The lowest BCUT2D eigenvalue weighted by Gasteiger charge is -2.34. The van der Waals surface area contributed by atoms with Crippen LogP contribution in [0.2, 0.25) is 0 Å². The van der Waals surface area contributed by atoms with Gasteiger partial charge >= 0.3 is 0 Å². The van der Waals surface area contributed by atoms with Crippen LogP contribution >= 0.6 is 15.9 Å².